The molecule has 0 unspecified atom stereocenters. The van der Waals surface area contributed by atoms with E-state index in [9.17, 15) is 13.2 Å². The quantitative estimate of drug-likeness (QED) is 0.843. The molecular weight excluding hydrogens is 320 g/mol. The van der Waals surface area contributed by atoms with E-state index in [1.807, 2.05) is 0 Å². The summed E-state index contributed by atoms with van der Waals surface area (Å²) in [7, 11) is -3.80. The van der Waals surface area contributed by atoms with Gasteiger partial charge >= 0.3 is 0 Å². The Balaban J connectivity index is 2.64. The van der Waals surface area contributed by atoms with Gasteiger partial charge in [-0.2, -0.15) is 0 Å². The van der Waals surface area contributed by atoms with Crippen LogP contribution in [0.3, 0.4) is 0 Å². The molecule has 0 spiro atoms. The van der Waals surface area contributed by atoms with Crippen molar-refractivity contribution in [1.82, 2.24) is 0 Å². The maximum absolute atomic E-state index is 11.5. The predicted molar refractivity (Wildman–Crippen MR) is 71.9 cm³/mol. The van der Waals surface area contributed by atoms with Crippen LogP contribution in [0.1, 0.15) is 18.9 Å². The van der Waals surface area contributed by atoms with Crippen molar-refractivity contribution in [1.29, 1.82) is 0 Å². The third-order valence-corrected chi connectivity index (χ3v) is 4.81. The van der Waals surface area contributed by atoms with Gasteiger partial charge in [-0.3, -0.25) is 4.79 Å². The molecule has 0 aromatic heterocycles. The molecule has 2 N–H and O–H groups in total. The third kappa shape index (κ3) is 2.43. The third-order valence-electron chi connectivity index (χ3n) is 2.94. The lowest BCUT2D eigenvalue weighted by atomic mass is 10.0. The van der Waals surface area contributed by atoms with E-state index in [4.69, 9.17) is 5.14 Å². The van der Waals surface area contributed by atoms with Crippen LogP contribution in [0.4, 0.5) is 5.69 Å². The fourth-order valence-electron chi connectivity index (χ4n) is 2.13. The second-order valence-corrected chi connectivity index (χ2v) is 6.61. The van der Waals surface area contributed by atoms with Crippen molar-refractivity contribution in [3.05, 3.63) is 22.2 Å². The van der Waals surface area contributed by atoms with Crippen molar-refractivity contribution >= 4 is 37.5 Å². The number of rotatable bonds is 1. The van der Waals surface area contributed by atoms with Crippen LogP contribution >= 0.6 is 15.9 Å². The highest BCUT2D eigenvalue weighted by atomic mass is 79.9. The van der Waals surface area contributed by atoms with Crippen molar-refractivity contribution in [2.24, 2.45) is 5.14 Å². The second kappa shape index (κ2) is 4.64. The molecule has 0 atom stereocenters. The van der Waals surface area contributed by atoms with Gasteiger partial charge in [-0.1, -0.05) is 0 Å². The minimum atomic E-state index is -3.80. The van der Waals surface area contributed by atoms with Gasteiger partial charge < -0.3 is 4.90 Å². The SMILES string of the molecule is CC(=O)N1CCCc2cc(Br)c(S(N)(=O)=O)cc21. The smallest absolute Gasteiger partial charge is 0.239 e. The van der Waals surface area contributed by atoms with Gasteiger partial charge in [0.05, 0.1) is 4.90 Å². The highest BCUT2D eigenvalue weighted by Gasteiger charge is 2.24. The summed E-state index contributed by atoms with van der Waals surface area (Å²) >= 11 is 3.21. The van der Waals surface area contributed by atoms with Gasteiger partial charge in [0.1, 0.15) is 0 Å². The largest absolute Gasteiger partial charge is 0.312 e. The lowest BCUT2D eigenvalue weighted by molar-refractivity contribution is -0.116. The molecule has 0 aliphatic carbocycles. The van der Waals surface area contributed by atoms with E-state index in [0.29, 0.717) is 16.7 Å². The van der Waals surface area contributed by atoms with Gasteiger partial charge in [-0.05, 0) is 46.5 Å². The number of aryl methyl sites for hydroxylation is 1. The summed E-state index contributed by atoms with van der Waals surface area (Å²) in [5.41, 5.74) is 1.59. The van der Waals surface area contributed by atoms with Crippen molar-refractivity contribution in [2.75, 3.05) is 11.4 Å². The van der Waals surface area contributed by atoms with Gasteiger partial charge in [0.25, 0.3) is 0 Å². The van der Waals surface area contributed by atoms with Crippen molar-refractivity contribution in [3.63, 3.8) is 0 Å². The molecule has 1 amide bonds. The lowest BCUT2D eigenvalue weighted by Crippen LogP contribution is -2.33. The number of hydrogen-bond acceptors (Lipinski definition) is 3. The number of amides is 1. The standard InChI is InChI=1S/C11H13BrN2O3S/c1-7(15)14-4-2-3-8-5-9(12)11(6-10(8)14)18(13,16)17/h5-6H,2-4H2,1H3,(H2,13,16,17). The van der Waals surface area contributed by atoms with Crippen molar-refractivity contribution in [3.8, 4) is 0 Å². The monoisotopic (exact) mass is 332 g/mol. The van der Waals surface area contributed by atoms with E-state index in [2.05, 4.69) is 15.9 Å². The Kier molecular flexibility index (Phi) is 3.48. The summed E-state index contributed by atoms with van der Waals surface area (Å²) in [6, 6.07) is 3.19. The van der Waals surface area contributed by atoms with Gasteiger partial charge in [-0.25, -0.2) is 13.6 Å². The van der Waals surface area contributed by atoms with Crippen LogP contribution in [-0.2, 0) is 21.2 Å². The van der Waals surface area contributed by atoms with Gasteiger partial charge in [0.2, 0.25) is 15.9 Å². The predicted octanol–water partition coefficient (Wildman–Crippen LogP) is 1.40. The number of carbonyl (C=O) groups excluding carboxylic acids is 1. The molecular formula is C11H13BrN2O3S. The molecule has 0 saturated carbocycles. The van der Waals surface area contributed by atoms with Gasteiger partial charge in [0, 0.05) is 23.6 Å². The van der Waals surface area contributed by atoms with Gasteiger partial charge in [-0.15, -0.1) is 0 Å². The van der Waals surface area contributed by atoms with Crippen molar-refractivity contribution < 1.29 is 13.2 Å². The minimum Gasteiger partial charge on any atom is -0.312 e. The number of nitrogens with zero attached hydrogens (tertiary/aromatic N) is 1. The van der Waals surface area contributed by atoms with E-state index in [0.717, 1.165) is 18.4 Å². The fourth-order valence-corrected chi connectivity index (χ4v) is 3.80. The zero-order chi connectivity index (χ0) is 13.5. The number of fused-ring (bicyclic) bond motifs is 1. The summed E-state index contributed by atoms with van der Waals surface area (Å²) in [6.45, 7) is 2.07. The Hall–Kier alpha value is -0.920. The minimum absolute atomic E-state index is 0.00870. The molecule has 0 saturated heterocycles. The van der Waals surface area contributed by atoms with Crippen LogP contribution in [0.25, 0.3) is 0 Å². The number of carbonyl (C=O) groups is 1. The number of anilines is 1. The number of halogens is 1. The molecule has 2 rings (SSSR count). The van der Waals surface area contributed by atoms with Crippen LogP contribution < -0.4 is 10.0 Å². The zero-order valence-electron chi connectivity index (χ0n) is 9.81. The van der Waals surface area contributed by atoms with Crippen LogP contribution in [0.2, 0.25) is 0 Å². The normalized spacial score (nSPS) is 15.4. The average molecular weight is 333 g/mol. The zero-order valence-corrected chi connectivity index (χ0v) is 12.2. The molecule has 98 valence electrons. The summed E-state index contributed by atoms with van der Waals surface area (Å²) < 4.78 is 23.4. The number of hydrogen-bond donors (Lipinski definition) is 1. The molecule has 18 heavy (non-hydrogen) atoms. The first kappa shape index (κ1) is 13.5. The van der Waals surface area contributed by atoms with Crippen molar-refractivity contribution in [2.45, 2.75) is 24.7 Å². The van der Waals surface area contributed by atoms with Crippen LogP contribution in [0.15, 0.2) is 21.5 Å². The number of benzene rings is 1. The first-order chi connectivity index (χ1) is 8.30. The summed E-state index contributed by atoms with van der Waals surface area (Å²) in [5.74, 6) is -0.0985. The Bertz CT molecular complexity index is 613. The number of nitrogens with two attached hydrogens (primary N) is 1. The number of sulfonamides is 1. The summed E-state index contributed by atoms with van der Waals surface area (Å²) in [6.07, 6.45) is 1.69. The molecule has 1 aromatic rings. The van der Waals surface area contributed by atoms with E-state index in [1.54, 1.807) is 11.0 Å². The molecule has 1 aliphatic heterocycles. The van der Waals surface area contributed by atoms with E-state index in [-0.39, 0.29) is 10.8 Å². The Morgan fingerprint density at radius 3 is 2.67 bits per heavy atom. The van der Waals surface area contributed by atoms with Gasteiger partial charge in [0.15, 0.2) is 0 Å². The topological polar surface area (TPSA) is 80.5 Å². The highest BCUT2D eigenvalue weighted by molar-refractivity contribution is 9.10. The first-order valence-electron chi connectivity index (χ1n) is 5.44. The molecule has 1 heterocycles. The Morgan fingerprint density at radius 2 is 2.11 bits per heavy atom. The second-order valence-electron chi connectivity index (χ2n) is 4.23. The van der Waals surface area contributed by atoms with E-state index in [1.165, 1.54) is 13.0 Å². The maximum atomic E-state index is 11.5. The van der Waals surface area contributed by atoms with Crippen LogP contribution in [0.5, 0.6) is 0 Å². The molecule has 0 fully saturated rings. The molecule has 7 heteroatoms. The van der Waals surface area contributed by atoms with E-state index >= 15 is 0 Å². The molecule has 1 aromatic carbocycles. The van der Waals surface area contributed by atoms with E-state index < -0.39 is 10.0 Å². The summed E-state index contributed by atoms with van der Waals surface area (Å²) in [5, 5.41) is 5.15. The fraction of sp³-hybridized carbons (Fsp3) is 0.364. The maximum Gasteiger partial charge on any atom is 0.239 e. The molecule has 0 bridgehead atoms. The van der Waals surface area contributed by atoms with Crippen LogP contribution in [-0.4, -0.2) is 20.9 Å². The Morgan fingerprint density at radius 1 is 1.44 bits per heavy atom. The summed E-state index contributed by atoms with van der Waals surface area (Å²) in [4.78, 5) is 13.1. The number of primary sulfonamides is 1. The Labute approximate surface area is 114 Å². The average Bonchev–Trinajstić information content (AvgIpc) is 2.25. The highest BCUT2D eigenvalue weighted by Crippen LogP contribution is 2.34. The molecule has 1 aliphatic rings. The molecule has 5 nitrogen and oxygen atoms in total. The van der Waals surface area contributed by atoms with Crippen LogP contribution in [0, 0.1) is 0 Å². The first-order valence-corrected chi connectivity index (χ1v) is 7.78. The lowest BCUT2D eigenvalue weighted by Gasteiger charge is -2.29. The molecule has 0 radical (unpaired) electrons.